The van der Waals surface area contributed by atoms with Gasteiger partial charge in [0.2, 0.25) is 0 Å². The van der Waals surface area contributed by atoms with Gasteiger partial charge in [-0.05, 0) is 25.2 Å². The van der Waals surface area contributed by atoms with Crippen LogP contribution in [0.2, 0.25) is 0 Å². The van der Waals surface area contributed by atoms with Crippen molar-refractivity contribution in [3.05, 3.63) is 18.1 Å². The van der Waals surface area contributed by atoms with Crippen molar-refractivity contribution in [2.75, 3.05) is 11.4 Å². The second-order valence-corrected chi connectivity index (χ2v) is 6.11. The van der Waals surface area contributed by atoms with Crippen molar-refractivity contribution in [2.24, 2.45) is 5.92 Å². The molecular formula is C15H20F3N5. The lowest BCUT2D eigenvalue weighted by Gasteiger charge is -2.40. The number of aromatic nitrogens is 4. The first-order valence-electron chi connectivity index (χ1n) is 7.96. The van der Waals surface area contributed by atoms with Crippen LogP contribution in [-0.2, 0) is 6.18 Å². The van der Waals surface area contributed by atoms with Gasteiger partial charge in [0, 0.05) is 18.7 Å². The summed E-state index contributed by atoms with van der Waals surface area (Å²) in [4.78, 5) is 9.49. The highest BCUT2D eigenvalue weighted by atomic mass is 19.4. The molecule has 1 fully saturated rings. The van der Waals surface area contributed by atoms with Crippen LogP contribution in [0.1, 0.15) is 45.2 Å². The topological polar surface area (TPSA) is 46.3 Å². The van der Waals surface area contributed by atoms with Crippen molar-refractivity contribution >= 4 is 11.6 Å². The molecule has 2 aromatic rings. The maximum Gasteiger partial charge on any atom is 0.433 e. The van der Waals surface area contributed by atoms with E-state index in [0.717, 1.165) is 38.3 Å². The van der Waals surface area contributed by atoms with Crippen molar-refractivity contribution in [2.45, 2.75) is 51.7 Å². The van der Waals surface area contributed by atoms with Gasteiger partial charge in [-0.15, -0.1) is 0 Å². The Kier molecular flexibility index (Phi) is 4.16. The zero-order valence-electron chi connectivity index (χ0n) is 13.2. The van der Waals surface area contributed by atoms with Crippen LogP contribution in [0.5, 0.6) is 0 Å². The summed E-state index contributed by atoms with van der Waals surface area (Å²) in [6.45, 7) is 4.98. The fourth-order valence-corrected chi connectivity index (χ4v) is 3.25. The number of rotatable bonds is 3. The lowest BCUT2D eigenvalue weighted by Crippen LogP contribution is -2.44. The molecule has 126 valence electrons. The summed E-state index contributed by atoms with van der Waals surface area (Å²) in [5.74, 6) is 0.824. The molecule has 1 aliphatic rings. The molecule has 0 radical (unpaired) electrons. The highest BCUT2D eigenvalue weighted by Crippen LogP contribution is 2.34. The number of anilines is 1. The molecular weight excluding hydrogens is 307 g/mol. The lowest BCUT2D eigenvalue weighted by molar-refractivity contribution is -0.141. The molecule has 2 atom stereocenters. The Morgan fingerprint density at radius 1 is 1.35 bits per heavy atom. The largest absolute Gasteiger partial charge is 0.433 e. The van der Waals surface area contributed by atoms with Gasteiger partial charge in [-0.3, -0.25) is 0 Å². The third-order valence-corrected chi connectivity index (χ3v) is 4.67. The van der Waals surface area contributed by atoms with Crippen molar-refractivity contribution in [3.63, 3.8) is 0 Å². The number of fused-ring (bicyclic) bond motifs is 1. The maximum atomic E-state index is 13.2. The third-order valence-electron chi connectivity index (χ3n) is 4.67. The van der Waals surface area contributed by atoms with Gasteiger partial charge in [-0.1, -0.05) is 20.3 Å². The van der Waals surface area contributed by atoms with E-state index in [4.69, 9.17) is 0 Å². The van der Waals surface area contributed by atoms with Crippen LogP contribution >= 0.6 is 0 Å². The summed E-state index contributed by atoms with van der Waals surface area (Å²) in [5.41, 5.74) is -0.915. The molecule has 0 aliphatic carbocycles. The second kappa shape index (κ2) is 5.98. The smallest absolute Gasteiger partial charge is 0.353 e. The molecule has 3 heterocycles. The average Bonchev–Trinajstić information content (AvgIpc) is 3.01. The van der Waals surface area contributed by atoms with E-state index in [1.807, 2.05) is 0 Å². The van der Waals surface area contributed by atoms with E-state index in [9.17, 15) is 13.2 Å². The van der Waals surface area contributed by atoms with E-state index in [1.165, 1.54) is 10.8 Å². The first kappa shape index (κ1) is 16.0. The predicted octanol–water partition coefficient (Wildman–Crippen LogP) is 3.55. The fourth-order valence-electron chi connectivity index (χ4n) is 3.25. The molecule has 0 saturated carbocycles. The minimum absolute atomic E-state index is 0.0108. The Labute approximate surface area is 132 Å². The van der Waals surface area contributed by atoms with E-state index in [0.29, 0.717) is 11.7 Å². The number of hydrogen-bond donors (Lipinski definition) is 0. The zero-order valence-corrected chi connectivity index (χ0v) is 13.2. The summed E-state index contributed by atoms with van der Waals surface area (Å²) < 4.78 is 40.9. The summed E-state index contributed by atoms with van der Waals surface area (Å²) in [6.07, 6.45) is 0.780. The van der Waals surface area contributed by atoms with Crippen molar-refractivity contribution in [3.8, 4) is 0 Å². The second-order valence-electron chi connectivity index (χ2n) is 6.11. The molecule has 23 heavy (non-hydrogen) atoms. The monoisotopic (exact) mass is 327 g/mol. The average molecular weight is 327 g/mol. The van der Waals surface area contributed by atoms with Gasteiger partial charge in [0.05, 0.1) is 0 Å². The van der Waals surface area contributed by atoms with Gasteiger partial charge in [0.1, 0.15) is 12.1 Å². The van der Waals surface area contributed by atoms with E-state index in [-0.39, 0.29) is 11.8 Å². The molecule has 8 heteroatoms. The first-order valence-corrected chi connectivity index (χ1v) is 7.96. The Morgan fingerprint density at radius 2 is 2.13 bits per heavy atom. The molecule has 0 spiro atoms. The van der Waals surface area contributed by atoms with E-state index in [1.54, 1.807) is 0 Å². The van der Waals surface area contributed by atoms with Crippen molar-refractivity contribution in [1.82, 2.24) is 19.6 Å². The van der Waals surface area contributed by atoms with Crippen molar-refractivity contribution < 1.29 is 13.2 Å². The van der Waals surface area contributed by atoms with Crippen LogP contribution in [0.3, 0.4) is 0 Å². The maximum absolute atomic E-state index is 13.2. The fraction of sp³-hybridized carbons (Fsp3) is 0.667. The summed E-state index contributed by atoms with van der Waals surface area (Å²) in [7, 11) is 0. The van der Waals surface area contributed by atoms with Crippen LogP contribution in [0.15, 0.2) is 12.4 Å². The predicted molar refractivity (Wildman–Crippen MR) is 80.2 cm³/mol. The van der Waals surface area contributed by atoms with Gasteiger partial charge in [0.15, 0.2) is 5.69 Å². The SMILES string of the molecule is CC[C@@H](C)[C@@H]1CCCCN1c1cc(C(F)(F)F)nc2ncnn12. The van der Waals surface area contributed by atoms with Crippen LogP contribution in [0.4, 0.5) is 19.0 Å². The van der Waals surface area contributed by atoms with E-state index >= 15 is 0 Å². The van der Waals surface area contributed by atoms with Crippen molar-refractivity contribution in [1.29, 1.82) is 0 Å². The number of piperidine rings is 1. The van der Waals surface area contributed by atoms with Crippen LogP contribution < -0.4 is 4.90 Å². The molecule has 0 bridgehead atoms. The number of hydrogen-bond acceptors (Lipinski definition) is 4. The van der Waals surface area contributed by atoms with Crippen LogP contribution in [0, 0.1) is 5.92 Å². The van der Waals surface area contributed by atoms with E-state index < -0.39 is 11.9 Å². The number of halogens is 3. The molecule has 0 aromatic carbocycles. The van der Waals surface area contributed by atoms with Gasteiger partial charge >= 0.3 is 6.18 Å². The highest BCUT2D eigenvalue weighted by Gasteiger charge is 2.36. The quantitative estimate of drug-likeness (QED) is 0.865. The Hall–Kier alpha value is -1.86. The third kappa shape index (κ3) is 2.98. The number of alkyl halides is 3. The lowest BCUT2D eigenvalue weighted by atomic mass is 9.90. The normalized spacial score (nSPS) is 20.9. The van der Waals surface area contributed by atoms with Crippen LogP contribution in [-0.4, -0.2) is 32.2 Å². The Morgan fingerprint density at radius 3 is 2.83 bits per heavy atom. The molecule has 0 unspecified atom stereocenters. The molecule has 2 aromatic heterocycles. The highest BCUT2D eigenvalue weighted by molar-refractivity contribution is 5.49. The van der Waals surface area contributed by atoms with Gasteiger partial charge in [-0.2, -0.15) is 27.8 Å². The minimum Gasteiger partial charge on any atom is -0.353 e. The summed E-state index contributed by atoms with van der Waals surface area (Å²) >= 11 is 0. The van der Waals surface area contributed by atoms with Gasteiger partial charge in [-0.25, -0.2) is 4.98 Å². The molecule has 0 N–H and O–H groups in total. The Bertz CT molecular complexity index is 681. The standard InChI is InChI=1S/C15H20F3N5/c1-3-10(2)11-6-4-5-7-22(11)13-8-12(15(16,17)18)21-14-19-9-20-23(13)14/h8-11H,3-7H2,1-2H3/t10-,11+/m1/s1. The summed E-state index contributed by atoms with van der Waals surface area (Å²) in [5, 5.41) is 4.07. The van der Waals surface area contributed by atoms with Gasteiger partial charge < -0.3 is 4.90 Å². The number of nitrogens with zero attached hydrogens (tertiary/aromatic N) is 5. The minimum atomic E-state index is -4.50. The molecule has 5 nitrogen and oxygen atoms in total. The zero-order chi connectivity index (χ0) is 16.6. The molecule has 1 saturated heterocycles. The first-order chi connectivity index (χ1) is 10.9. The molecule has 0 amide bonds. The van der Waals surface area contributed by atoms with E-state index in [2.05, 4.69) is 33.8 Å². The molecule has 3 rings (SSSR count). The molecule has 1 aliphatic heterocycles. The van der Waals surface area contributed by atoms with Crippen LogP contribution in [0.25, 0.3) is 5.78 Å². The Balaban J connectivity index is 2.11. The summed E-state index contributed by atoms with van der Waals surface area (Å²) in [6, 6.07) is 1.31. The van der Waals surface area contributed by atoms with Gasteiger partial charge in [0.25, 0.3) is 5.78 Å².